The van der Waals surface area contributed by atoms with E-state index in [2.05, 4.69) is 5.32 Å². The second-order valence-electron chi connectivity index (χ2n) is 5.43. The summed E-state index contributed by atoms with van der Waals surface area (Å²) in [6.45, 7) is 3.41. The van der Waals surface area contributed by atoms with Gasteiger partial charge >= 0.3 is 0 Å². The lowest BCUT2D eigenvalue weighted by Gasteiger charge is -2.22. The maximum Gasteiger partial charge on any atom is 0.253 e. The Morgan fingerprint density at radius 3 is 2.78 bits per heavy atom. The summed E-state index contributed by atoms with van der Waals surface area (Å²) in [5.74, 6) is -0.202. The highest BCUT2D eigenvalue weighted by atomic mass is 35.5. The van der Waals surface area contributed by atoms with Crippen molar-refractivity contribution in [2.45, 2.75) is 42.9 Å². The maximum absolute atomic E-state index is 12.7. The number of nitrogens with two attached hydrogens (primary N) is 1. The quantitative estimate of drug-likeness (QED) is 0.700. The molecule has 0 radical (unpaired) electrons. The summed E-state index contributed by atoms with van der Waals surface area (Å²) in [4.78, 5) is 13.2. The van der Waals surface area contributed by atoms with Crippen molar-refractivity contribution in [2.75, 3.05) is 19.6 Å². The topological polar surface area (TPSA) is 92.5 Å². The summed E-state index contributed by atoms with van der Waals surface area (Å²) < 4.78 is 27.0. The number of hydrogen-bond donors (Lipinski definition) is 2. The van der Waals surface area contributed by atoms with Crippen LogP contribution in [0.2, 0.25) is 0 Å². The largest absolute Gasteiger partial charge is 0.355 e. The number of halogens is 1. The van der Waals surface area contributed by atoms with E-state index in [-0.39, 0.29) is 18.3 Å². The highest BCUT2D eigenvalue weighted by molar-refractivity contribution is 7.91. The number of aryl methyl sites for hydroxylation is 1. The summed E-state index contributed by atoms with van der Waals surface area (Å²) >= 11 is 1.24. The molecule has 1 unspecified atom stereocenters. The lowest BCUT2D eigenvalue weighted by atomic mass is 10.2. The fourth-order valence-electron chi connectivity index (χ4n) is 2.55. The first-order valence-corrected chi connectivity index (χ1v) is 9.78. The third-order valence-electron chi connectivity index (χ3n) is 3.72. The number of thiophene rings is 1. The standard InChI is InChI=1S/C14H23N3O3S2.ClH/c1-11-6-7-13(21-11)22(19,20)17-10-4-5-12(17)14(18)16-9-3-2-8-15;/h6-7,12H,2-5,8-10,15H2,1H3,(H,16,18);1H. The van der Waals surface area contributed by atoms with Crippen LogP contribution in [0.5, 0.6) is 0 Å². The van der Waals surface area contributed by atoms with Gasteiger partial charge in [-0.15, -0.1) is 23.7 Å². The van der Waals surface area contributed by atoms with E-state index in [9.17, 15) is 13.2 Å². The Hall–Kier alpha value is -0.670. The molecule has 1 fully saturated rings. The van der Waals surface area contributed by atoms with E-state index in [4.69, 9.17) is 5.73 Å². The molecule has 132 valence electrons. The number of nitrogens with one attached hydrogen (secondary N) is 1. The summed E-state index contributed by atoms with van der Waals surface area (Å²) in [5, 5.41) is 2.82. The van der Waals surface area contributed by atoms with Crippen molar-refractivity contribution in [1.29, 1.82) is 0 Å². The number of hydrogen-bond acceptors (Lipinski definition) is 5. The molecule has 1 aliphatic heterocycles. The van der Waals surface area contributed by atoms with Crippen molar-refractivity contribution in [2.24, 2.45) is 5.73 Å². The Balaban J connectivity index is 0.00000264. The zero-order valence-electron chi connectivity index (χ0n) is 13.2. The lowest BCUT2D eigenvalue weighted by Crippen LogP contribution is -2.45. The van der Waals surface area contributed by atoms with Crippen LogP contribution in [0, 0.1) is 6.92 Å². The molecule has 1 amide bonds. The van der Waals surface area contributed by atoms with Gasteiger partial charge < -0.3 is 11.1 Å². The van der Waals surface area contributed by atoms with Gasteiger partial charge in [-0.1, -0.05) is 0 Å². The number of nitrogens with zero attached hydrogens (tertiary/aromatic N) is 1. The molecule has 1 aromatic heterocycles. The molecule has 1 aliphatic rings. The number of rotatable bonds is 7. The van der Waals surface area contributed by atoms with Crippen LogP contribution >= 0.6 is 23.7 Å². The Kier molecular flexibility index (Phi) is 7.96. The van der Waals surface area contributed by atoms with Crippen LogP contribution in [0.15, 0.2) is 16.3 Å². The van der Waals surface area contributed by atoms with Crippen LogP contribution < -0.4 is 11.1 Å². The molecule has 6 nitrogen and oxygen atoms in total. The highest BCUT2D eigenvalue weighted by Gasteiger charge is 2.39. The first-order valence-electron chi connectivity index (χ1n) is 7.53. The summed E-state index contributed by atoms with van der Waals surface area (Å²) in [6.07, 6.45) is 2.95. The minimum absolute atomic E-state index is 0. The molecule has 1 aromatic rings. The normalized spacial score (nSPS) is 18.6. The fraction of sp³-hybridized carbons (Fsp3) is 0.643. The number of amides is 1. The van der Waals surface area contributed by atoms with Crippen LogP contribution in [0.25, 0.3) is 0 Å². The first-order chi connectivity index (χ1) is 10.5. The van der Waals surface area contributed by atoms with Crippen LogP contribution in [0.4, 0.5) is 0 Å². The van der Waals surface area contributed by atoms with Crippen molar-refractivity contribution in [3.8, 4) is 0 Å². The molecule has 23 heavy (non-hydrogen) atoms. The smallest absolute Gasteiger partial charge is 0.253 e. The molecule has 0 spiro atoms. The van der Waals surface area contributed by atoms with Gasteiger partial charge in [0.25, 0.3) is 10.0 Å². The van der Waals surface area contributed by atoms with E-state index in [0.29, 0.717) is 36.7 Å². The van der Waals surface area contributed by atoms with Gasteiger partial charge in [0.2, 0.25) is 5.91 Å². The van der Waals surface area contributed by atoms with Gasteiger partial charge in [0.1, 0.15) is 10.3 Å². The van der Waals surface area contributed by atoms with Gasteiger partial charge in [0, 0.05) is 18.0 Å². The van der Waals surface area contributed by atoms with Crippen LogP contribution in [0.1, 0.15) is 30.6 Å². The van der Waals surface area contributed by atoms with Crippen molar-refractivity contribution in [3.63, 3.8) is 0 Å². The molecule has 0 aromatic carbocycles. The van der Waals surface area contributed by atoms with Gasteiger partial charge in [0.15, 0.2) is 0 Å². The minimum Gasteiger partial charge on any atom is -0.355 e. The highest BCUT2D eigenvalue weighted by Crippen LogP contribution is 2.30. The van der Waals surface area contributed by atoms with E-state index < -0.39 is 16.1 Å². The molecule has 1 saturated heterocycles. The number of unbranched alkanes of at least 4 members (excludes halogenated alkanes) is 1. The molecule has 1 atom stereocenters. The van der Waals surface area contributed by atoms with Crippen LogP contribution in [-0.2, 0) is 14.8 Å². The van der Waals surface area contributed by atoms with Crippen LogP contribution in [-0.4, -0.2) is 44.3 Å². The number of carbonyl (C=O) groups is 1. The molecular formula is C14H24ClN3O3S2. The van der Waals surface area contributed by atoms with Gasteiger partial charge in [-0.05, 0) is 51.3 Å². The fourth-order valence-corrected chi connectivity index (χ4v) is 5.62. The second kappa shape index (κ2) is 8.98. The average Bonchev–Trinajstić information content (AvgIpc) is 3.12. The Morgan fingerprint density at radius 1 is 1.43 bits per heavy atom. The zero-order valence-corrected chi connectivity index (χ0v) is 15.6. The first kappa shape index (κ1) is 20.4. The summed E-state index contributed by atoms with van der Waals surface area (Å²) in [5.41, 5.74) is 5.41. The van der Waals surface area contributed by atoms with Gasteiger partial charge in [-0.2, -0.15) is 4.31 Å². The summed E-state index contributed by atoms with van der Waals surface area (Å²) in [7, 11) is -3.58. The molecule has 2 rings (SSSR count). The lowest BCUT2D eigenvalue weighted by molar-refractivity contribution is -0.124. The number of sulfonamides is 1. The minimum atomic E-state index is -3.58. The molecule has 9 heteroatoms. The Bertz CT molecular complexity index is 619. The monoisotopic (exact) mass is 381 g/mol. The molecular weight excluding hydrogens is 358 g/mol. The SMILES string of the molecule is Cc1ccc(S(=O)(=O)N2CCCC2C(=O)NCCCCN)s1.Cl. The van der Waals surface area contributed by atoms with Gasteiger partial charge in [-0.3, -0.25) is 4.79 Å². The van der Waals surface area contributed by atoms with Crippen molar-refractivity contribution in [3.05, 3.63) is 17.0 Å². The maximum atomic E-state index is 12.7. The average molecular weight is 382 g/mol. The van der Waals surface area contributed by atoms with E-state index in [1.165, 1.54) is 15.6 Å². The predicted octanol–water partition coefficient (Wildman–Crippen LogP) is 1.49. The van der Waals surface area contributed by atoms with Gasteiger partial charge in [0.05, 0.1) is 0 Å². The van der Waals surface area contributed by atoms with E-state index in [1.54, 1.807) is 12.1 Å². The third kappa shape index (κ3) is 4.90. The predicted molar refractivity (Wildman–Crippen MR) is 94.5 cm³/mol. The van der Waals surface area contributed by atoms with E-state index in [0.717, 1.165) is 17.7 Å². The van der Waals surface area contributed by atoms with Crippen molar-refractivity contribution >= 4 is 39.7 Å². The van der Waals surface area contributed by atoms with Crippen molar-refractivity contribution < 1.29 is 13.2 Å². The third-order valence-corrected chi connectivity index (χ3v) is 7.09. The zero-order chi connectivity index (χ0) is 16.2. The molecule has 0 aliphatic carbocycles. The van der Waals surface area contributed by atoms with E-state index in [1.807, 2.05) is 6.92 Å². The molecule has 0 saturated carbocycles. The second-order valence-corrected chi connectivity index (χ2v) is 8.83. The number of carbonyl (C=O) groups excluding carboxylic acids is 1. The molecule has 0 bridgehead atoms. The van der Waals surface area contributed by atoms with E-state index >= 15 is 0 Å². The van der Waals surface area contributed by atoms with Crippen LogP contribution in [0.3, 0.4) is 0 Å². The van der Waals surface area contributed by atoms with Crippen molar-refractivity contribution in [1.82, 2.24) is 9.62 Å². The molecule has 2 heterocycles. The Morgan fingerprint density at radius 2 is 2.17 bits per heavy atom. The molecule has 3 N–H and O–H groups in total. The Labute approximate surface area is 147 Å². The van der Waals surface area contributed by atoms with Gasteiger partial charge in [-0.25, -0.2) is 8.42 Å². The summed E-state index contributed by atoms with van der Waals surface area (Å²) in [6, 6.07) is 2.81.